The lowest BCUT2D eigenvalue weighted by Crippen LogP contribution is -2.06. The van der Waals surface area contributed by atoms with Gasteiger partial charge in [-0.25, -0.2) is 0 Å². The fourth-order valence-electron chi connectivity index (χ4n) is 1.39. The molecule has 1 N–H and O–H groups in total. The van der Waals surface area contributed by atoms with E-state index in [9.17, 15) is 0 Å². The summed E-state index contributed by atoms with van der Waals surface area (Å²) in [6.45, 7) is 3.16. The van der Waals surface area contributed by atoms with Crippen LogP contribution in [0.1, 0.15) is 13.3 Å². The quantitative estimate of drug-likeness (QED) is 0.837. The van der Waals surface area contributed by atoms with E-state index in [-0.39, 0.29) is 0 Å². The number of anilines is 1. The third-order valence-electron chi connectivity index (χ3n) is 2.25. The van der Waals surface area contributed by atoms with Crippen LogP contribution >= 0.6 is 34.4 Å². The Morgan fingerprint density at radius 1 is 1.60 bits per heavy atom. The van der Waals surface area contributed by atoms with Crippen LogP contribution in [-0.4, -0.2) is 17.0 Å². The van der Waals surface area contributed by atoms with E-state index in [1.165, 1.54) is 9.99 Å². The van der Waals surface area contributed by atoms with Gasteiger partial charge in [0.25, 0.3) is 0 Å². The summed E-state index contributed by atoms with van der Waals surface area (Å²) in [5, 5.41) is 5.08. The van der Waals surface area contributed by atoms with E-state index >= 15 is 0 Å². The second kappa shape index (κ2) is 5.21. The highest BCUT2D eigenvalue weighted by Gasteiger charge is 2.17. The molecule has 4 heteroatoms. The van der Waals surface area contributed by atoms with Crippen LogP contribution < -0.4 is 5.32 Å². The molecule has 0 amide bonds. The largest absolute Gasteiger partial charge is 0.335 e. The van der Waals surface area contributed by atoms with Gasteiger partial charge in [0.15, 0.2) is 5.17 Å². The minimum Gasteiger partial charge on any atom is -0.335 e. The molecule has 0 aliphatic carbocycles. The van der Waals surface area contributed by atoms with Crippen molar-refractivity contribution in [2.45, 2.75) is 18.6 Å². The van der Waals surface area contributed by atoms with Crippen LogP contribution in [0.5, 0.6) is 0 Å². The minimum atomic E-state index is 0.662. The van der Waals surface area contributed by atoms with Gasteiger partial charge in [0, 0.05) is 14.5 Å². The molecule has 1 aromatic rings. The summed E-state index contributed by atoms with van der Waals surface area (Å²) in [7, 11) is 0. The van der Waals surface area contributed by atoms with Gasteiger partial charge in [0.05, 0.1) is 6.54 Å². The van der Waals surface area contributed by atoms with E-state index in [1.54, 1.807) is 0 Å². The molecular formula is C11H13IN2S. The summed E-state index contributed by atoms with van der Waals surface area (Å²) >= 11 is 4.16. The molecule has 1 unspecified atom stereocenters. The van der Waals surface area contributed by atoms with Gasteiger partial charge >= 0.3 is 0 Å². The maximum atomic E-state index is 4.48. The zero-order chi connectivity index (χ0) is 10.7. The van der Waals surface area contributed by atoms with Crippen molar-refractivity contribution in [3.8, 4) is 0 Å². The molecule has 2 rings (SSSR count). The highest BCUT2D eigenvalue weighted by molar-refractivity contribution is 14.1. The van der Waals surface area contributed by atoms with Gasteiger partial charge < -0.3 is 5.32 Å². The Morgan fingerprint density at radius 3 is 3.13 bits per heavy atom. The first-order valence-electron chi connectivity index (χ1n) is 5.01. The van der Waals surface area contributed by atoms with Gasteiger partial charge in [-0.05, 0) is 47.2 Å². The smallest absolute Gasteiger partial charge is 0.161 e. The van der Waals surface area contributed by atoms with Crippen LogP contribution in [0.25, 0.3) is 0 Å². The average molecular weight is 332 g/mol. The van der Waals surface area contributed by atoms with Crippen molar-refractivity contribution >= 4 is 45.2 Å². The number of amidine groups is 1. The van der Waals surface area contributed by atoms with Gasteiger partial charge in [-0.2, -0.15) is 0 Å². The first-order chi connectivity index (χ1) is 7.28. The van der Waals surface area contributed by atoms with E-state index < -0.39 is 0 Å². The molecule has 0 fully saturated rings. The number of hydrogen-bond acceptors (Lipinski definition) is 3. The van der Waals surface area contributed by atoms with Crippen molar-refractivity contribution < 1.29 is 0 Å². The predicted octanol–water partition coefficient (Wildman–Crippen LogP) is 3.58. The molecule has 1 aliphatic heterocycles. The van der Waals surface area contributed by atoms with Gasteiger partial charge in [0.1, 0.15) is 0 Å². The van der Waals surface area contributed by atoms with Gasteiger partial charge in [0.2, 0.25) is 0 Å². The van der Waals surface area contributed by atoms with E-state index in [1.807, 2.05) is 11.8 Å². The Balaban J connectivity index is 1.98. The minimum absolute atomic E-state index is 0.662. The number of hydrogen-bond donors (Lipinski definition) is 1. The maximum absolute atomic E-state index is 4.48. The molecule has 1 heterocycles. The van der Waals surface area contributed by atoms with Gasteiger partial charge in [-0.3, -0.25) is 4.99 Å². The molecule has 0 saturated heterocycles. The fraction of sp³-hybridized carbons (Fsp3) is 0.364. The Labute approximate surface area is 108 Å². The van der Waals surface area contributed by atoms with Crippen LogP contribution in [0, 0.1) is 3.57 Å². The fourth-order valence-corrected chi connectivity index (χ4v) is 2.89. The number of halogens is 1. The molecule has 0 bridgehead atoms. The highest BCUT2D eigenvalue weighted by Crippen LogP contribution is 2.24. The first-order valence-corrected chi connectivity index (χ1v) is 6.97. The molecule has 0 radical (unpaired) electrons. The molecule has 80 valence electrons. The molecule has 0 aromatic heterocycles. The summed E-state index contributed by atoms with van der Waals surface area (Å²) in [6, 6.07) is 8.35. The number of aliphatic imine (C=N–C) groups is 1. The zero-order valence-corrected chi connectivity index (χ0v) is 11.5. The normalized spacial score (nSPS) is 20.1. The second-order valence-corrected chi connectivity index (χ2v) is 5.96. The van der Waals surface area contributed by atoms with Crippen molar-refractivity contribution in [1.82, 2.24) is 0 Å². The molecule has 0 spiro atoms. The SMILES string of the molecule is CCC1CN=C(Nc2cccc(I)c2)S1. The van der Waals surface area contributed by atoms with Crippen LogP contribution in [-0.2, 0) is 0 Å². The molecule has 1 aliphatic rings. The van der Waals surface area contributed by atoms with Crippen molar-refractivity contribution in [3.63, 3.8) is 0 Å². The van der Waals surface area contributed by atoms with Crippen LogP contribution in [0.4, 0.5) is 5.69 Å². The number of nitrogens with one attached hydrogen (secondary N) is 1. The Kier molecular flexibility index (Phi) is 3.91. The summed E-state index contributed by atoms with van der Waals surface area (Å²) in [6.07, 6.45) is 1.19. The van der Waals surface area contributed by atoms with E-state index in [4.69, 9.17) is 0 Å². The molecule has 0 saturated carbocycles. The molecule has 1 aromatic carbocycles. The van der Waals surface area contributed by atoms with Crippen molar-refractivity contribution in [1.29, 1.82) is 0 Å². The molecule has 2 nitrogen and oxygen atoms in total. The lowest BCUT2D eigenvalue weighted by molar-refractivity contribution is 0.843. The molecule has 1 atom stereocenters. The number of rotatable bonds is 2. The van der Waals surface area contributed by atoms with Crippen LogP contribution in [0.2, 0.25) is 0 Å². The maximum Gasteiger partial charge on any atom is 0.161 e. The zero-order valence-electron chi connectivity index (χ0n) is 8.53. The summed E-state index contributed by atoms with van der Waals surface area (Å²) in [5.74, 6) is 0. The lowest BCUT2D eigenvalue weighted by Gasteiger charge is -2.07. The van der Waals surface area contributed by atoms with Gasteiger partial charge in [-0.15, -0.1) is 0 Å². The first kappa shape index (κ1) is 11.3. The number of nitrogens with zero attached hydrogens (tertiary/aromatic N) is 1. The highest BCUT2D eigenvalue weighted by atomic mass is 127. The van der Waals surface area contributed by atoms with Crippen molar-refractivity contribution in [2.24, 2.45) is 4.99 Å². The van der Waals surface area contributed by atoms with Crippen LogP contribution in [0.15, 0.2) is 29.3 Å². The predicted molar refractivity (Wildman–Crippen MR) is 76.8 cm³/mol. The van der Waals surface area contributed by atoms with E-state index in [2.05, 4.69) is 64.1 Å². The summed E-state index contributed by atoms with van der Waals surface area (Å²) in [4.78, 5) is 4.48. The Bertz CT molecular complexity index is 379. The van der Waals surface area contributed by atoms with E-state index in [0.29, 0.717) is 5.25 Å². The summed E-state index contributed by atoms with van der Waals surface area (Å²) in [5.41, 5.74) is 1.13. The van der Waals surface area contributed by atoms with E-state index in [0.717, 1.165) is 17.4 Å². The Morgan fingerprint density at radius 2 is 2.47 bits per heavy atom. The third kappa shape index (κ3) is 3.11. The lowest BCUT2D eigenvalue weighted by atomic mass is 10.3. The second-order valence-electron chi connectivity index (χ2n) is 3.43. The Hall–Kier alpha value is -0.230. The van der Waals surface area contributed by atoms with Crippen LogP contribution in [0.3, 0.4) is 0 Å². The summed E-state index contributed by atoms with van der Waals surface area (Å²) < 4.78 is 1.24. The van der Waals surface area contributed by atoms with Gasteiger partial charge in [-0.1, -0.05) is 24.8 Å². The molecular weight excluding hydrogens is 319 g/mol. The van der Waals surface area contributed by atoms with Crippen molar-refractivity contribution in [2.75, 3.05) is 11.9 Å². The third-order valence-corrected chi connectivity index (χ3v) is 4.19. The standard InChI is InChI=1S/C11H13IN2S/c1-2-10-7-13-11(15-10)14-9-5-3-4-8(12)6-9/h3-6,10H,2,7H2,1H3,(H,13,14). The molecule has 15 heavy (non-hydrogen) atoms. The topological polar surface area (TPSA) is 24.4 Å². The average Bonchev–Trinajstić information content (AvgIpc) is 2.65. The van der Waals surface area contributed by atoms with Crippen molar-refractivity contribution in [3.05, 3.63) is 27.8 Å². The number of thioether (sulfide) groups is 1. The number of benzene rings is 1. The monoisotopic (exact) mass is 332 g/mol.